The van der Waals surface area contributed by atoms with E-state index in [2.05, 4.69) is 10.3 Å². The molecular weight excluding hydrogens is 432 g/mol. The molecule has 32 heavy (non-hydrogen) atoms. The molecule has 0 spiro atoms. The van der Waals surface area contributed by atoms with Crippen LogP contribution in [0.25, 0.3) is 0 Å². The summed E-state index contributed by atoms with van der Waals surface area (Å²) < 4.78 is 32.4. The molecule has 170 valence electrons. The second-order valence-corrected chi connectivity index (χ2v) is 9.76. The molecule has 2 aliphatic heterocycles. The Morgan fingerprint density at radius 1 is 1.00 bits per heavy atom. The van der Waals surface area contributed by atoms with Crippen molar-refractivity contribution in [3.05, 3.63) is 59.9 Å². The maximum absolute atomic E-state index is 13.0. The molecule has 0 atom stereocenters. The molecule has 10 heteroatoms. The topological polar surface area (TPSA) is 109 Å². The maximum atomic E-state index is 13.0. The molecule has 1 N–H and O–H groups in total. The molecule has 1 aromatic heterocycles. The summed E-state index contributed by atoms with van der Waals surface area (Å²) >= 11 is 0. The summed E-state index contributed by atoms with van der Waals surface area (Å²) in [6.07, 6.45) is 4.39. The lowest BCUT2D eigenvalue weighted by molar-refractivity contribution is 0.0697. The first-order valence-electron chi connectivity index (χ1n) is 10.6. The molecule has 1 aromatic carbocycles. The fourth-order valence-corrected chi connectivity index (χ4v) is 5.36. The smallest absolute Gasteiger partial charge is 0.253 e. The number of hydrogen-bond acceptors (Lipinski definition) is 6. The Kier molecular flexibility index (Phi) is 6.83. The number of likely N-dealkylation sites (tertiary alicyclic amines) is 1. The number of carbonyl (C=O) groups is 2. The lowest BCUT2D eigenvalue weighted by Crippen LogP contribution is -2.46. The Morgan fingerprint density at radius 2 is 1.72 bits per heavy atom. The van der Waals surface area contributed by atoms with E-state index in [0.29, 0.717) is 63.4 Å². The summed E-state index contributed by atoms with van der Waals surface area (Å²) in [5, 5.41) is 2.99. The van der Waals surface area contributed by atoms with Crippen LogP contribution in [0.1, 0.15) is 33.6 Å². The van der Waals surface area contributed by atoms with Gasteiger partial charge in [-0.15, -0.1) is 0 Å². The number of hydrogen-bond donors (Lipinski definition) is 1. The van der Waals surface area contributed by atoms with Crippen molar-refractivity contribution in [1.29, 1.82) is 0 Å². The quantitative estimate of drug-likeness (QED) is 0.720. The van der Waals surface area contributed by atoms with E-state index < -0.39 is 10.0 Å². The molecule has 0 aliphatic carbocycles. The van der Waals surface area contributed by atoms with Crippen molar-refractivity contribution >= 4 is 21.8 Å². The molecule has 9 nitrogen and oxygen atoms in total. The van der Waals surface area contributed by atoms with Gasteiger partial charge in [0.25, 0.3) is 11.8 Å². The first kappa shape index (κ1) is 22.4. The molecular formula is C22H26N4O5S. The normalized spacial score (nSPS) is 18.3. The van der Waals surface area contributed by atoms with Crippen LogP contribution in [0.15, 0.2) is 53.7 Å². The summed E-state index contributed by atoms with van der Waals surface area (Å²) in [5.41, 5.74) is 0.849. The van der Waals surface area contributed by atoms with Crippen molar-refractivity contribution in [1.82, 2.24) is 19.5 Å². The fraction of sp³-hybridized carbons (Fsp3) is 0.409. The van der Waals surface area contributed by atoms with Gasteiger partial charge in [-0.2, -0.15) is 4.31 Å². The van der Waals surface area contributed by atoms with Gasteiger partial charge in [0.1, 0.15) is 0 Å². The number of rotatable bonds is 5. The highest BCUT2D eigenvalue weighted by Crippen LogP contribution is 2.20. The second-order valence-electron chi connectivity index (χ2n) is 7.83. The number of amides is 2. The fourth-order valence-electron chi connectivity index (χ4n) is 3.90. The number of sulfonamides is 1. The van der Waals surface area contributed by atoms with Gasteiger partial charge in [0.2, 0.25) is 10.0 Å². The Bertz CT molecular complexity index is 1060. The Labute approximate surface area is 187 Å². The van der Waals surface area contributed by atoms with Crippen LogP contribution < -0.4 is 5.32 Å². The van der Waals surface area contributed by atoms with Crippen molar-refractivity contribution in [3.63, 3.8) is 0 Å². The van der Waals surface area contributed by atoms with Crippen molar-refractivity contribution < 1.29 is 22.7 Å². The van der Waals surface area contributed by atoms with Gasteiger partial charge in [-0.3, -0.25) is 14.6 Å². The lowest BCUT2D eigenvalue weighted by atomic mass is 10.0. The highest BCUT2D eigenvalue weighted by Gasteiger charge is 2.29. The Hall–Kier alpha value is -2.82. The number of morpholine rings is 1. The molecule has 2 saturated heterocycles. The Balaban J connectivity index is 1.37. The first-order chi connectivity index (χ1) is 15.4. The van der Waals surface area contributed by atoms with E-state index in [0.717, 1.165) is 0 Å². The standard InChI is InChI=1S/C22H26N4O5S/c27-21(18-4-2-8-23-16-18)24-19-6-9-25(10-7-19)22(28)17-3-1-5-20(15-17)32(29,30)26-11-13-31-14-12-26/h1-5,8,15-16,19H,6-7,9-14H2,(H,24,27). The van der Waals surface area contributed by atoms with Gasteiger partial charge >= 0.3 is 0 Å². The van der Waals surface area contributed by atoms with E-state index >= 15 is 0 Å². The number of pyridine rings is 1. The number of aromatic nitrogens is 1. The summed E-state index contributed by atoms with van der Waals surface area (Å²) in [6, 6.07) is 9.59. The monoisotopic (exact) mass is 458 g/mol. The predicted molar refractivity (Wildman–Crippen MR) is 117 cm³/mol. The number of nitrogens with zero attached hydrogens (tertiary/aromatic N) is 3. The van der Waals surface area contributed by atoms with Gasteiger partial charge in [0, 0.05) is 50.2 Å². The molecule has 2 amide bonds. The largest absolute Gasteiger partial charge is 0.379 e. The van der Waals surface area contributed by atoms with Gasteiger partial charge in [-0.05, 0) is 43.2 Å². The molecule has 3 heterocycles. The summed E-state index contributed by atoms with van der Waals surface area (Å²) in [4.78, 5) is 31.1. The van der Waals surface area contributed by atoms with Crippen LogP contribution in [0.5, 0.6) is 0 Å². The van der Waals surface area contributed by atoms with E-state index in [1.165, 1.54) is 22.6 Å². The van der Waals surface area contributed by atoms with Crippen LogP contribution in [0.3, 0.4) is 0 Å². The molecule has 0 unspecified atom stereocenters. The molecule has 0 bridgehead atoms. The Morgan fingerprint density at radius 3 is 2.41 bits per heavy atom. The highest BCUT2D eigenvalue weighted by molar-refractivity contribution is 7.89. The highest BCUT2D eigenvalue weighted by atomic mass is 32.2. The minimum absolute atomic E-state index is 0.0280. The number of carbonyl (C=O) groups excluding carboxylic acids is 2. The predicted octanol–water partition coefficient (Wildman–Crippen LogP) is 1.14. The van der Waals surface area contributed by atoms with Crippen LogP contribution in [0, 0.1) is 0 Å². The van der Waals surface area contributed by atoms with Crippen molar-refractivity contribution in [3.8, 4) is 0 Å². The molecule has 0 saturated carbocycles. The van der Waals surface area contributed by atoms with E-state index in [-0.39, 0.29) is 22.8 Å². The van der Waals surface area contributed by atoms with Crippen LogP contribution in [0.4, 0.5) is 0 Å². The molecule has 2 fully saturated rings. The van der Waals surface area contributed by atoms with Gasteiger partial charge in [0.05, 0.1) is 23.7 Å². The van der Waals surface area contributed by atoms with Gasteiger partial charge in [-0.25, -0.2) is 8.42 Å². The van der Waals surface area contributed by atoms with E-state index in [9.17, 15) is 18.0 Å². The first-order valence-corrected chi connectivity index (χ1v) is 12.1. The number of ether oxygens (including phenoxy) is 1. The maximum Gasteiger partial charge on any atom is 0.253 e. The van der Waals surface area contributed by atoms with Crippen LogP contribution in [-0.4, -0.2) is 79.9 Å². The summed E-state index contributed by atoms with van der Waals surface area (Å²) in [5.74, 6) is -0.384. The third-order valence-corrected chi connectivity index (χ3v) is 7.62. The average Bonchev–Trinajstić information content (AvgIpc) is 2.85. The lowest BCUT2D eigenvalue weighted by Gasteiger charge is -2.32. The zero-order valence-electron chi connectivity index (χ0n) is 17.6. The van der Waals surface area contributed by atoms with Crippen LogP contribution in [0.2, 0.25) is 0 Å². The van der Waals surface area contributed by atoms with E-state index in [4.69, 9.17) is 4.74 Å². The second kappa shape index (κ2) is 9.76. The zero-order chi connectivity index (χ0) is 22.6. The van der Waals surface area contributed by atoms with Crippen molar-refractivity contribution in [2.45, 2.75) is 23.8 Å². The minimum atomic E-state index is -3.67. The SMILES string of the molecule is O=C(NC1CCN(C(=O)c2cccc(S(=O)(=O)N3CCOCC3)c2)CC1)c1cccnc1. The van der Waals surface area contributed by atoms with Gasteiger partial charge in [-0.1, -0.05) is 6.07 Å². The average molecular weight is 459 g/mol. The number of benzene rings is 1. The molecule has 2 aliphatic rings. The molecule has 2 aromatic rings. The molecule has 4 rings (SSSR count). The third-order valence-electron chi connectivity index (χ3n) is 5.73. The van der Waals surface area contributed by atoms with Crippen molar-refractivity contribution in [2.75, 3.05) is 39.4 Å². The summed E-state index contributed by atoms with van der Waals surface area (Å²) in [7, 11) is -3.67. The summed E-state index contributed by atoms with van der Waals surface area (Å²) in [6.45, 7) is 2.31. The van der Waals surface area contributed by atoms with E-state index in [1.807, 2.05) is 0 Å². The number of nitrogens with one attached hydrogen (secondary N) is 1. The van der Waals surface area contributed by atoms with Crippen LogP contribution in [-0.2, 0) is 14.8 Å². The minimum Gasteiger partial charge on any atom is -0.379 e. The van der Waals surface area contributed by atoms with Gasteiger partial charge < -0.3 is 15.0 Å². The van der Waals surface area contributed by atoms with Gasteiger partial charge in [0.15, 0.2) is 0 Å². The third kappa shape index (κ3) is 4.98. The van der Waals surface area contributed by atoms with Crippen LogP contribution >= 0.6 is 0 Å². The molecule has 0 radical (unpaired) electrons. The number of piperidine rings is 1. The van der Waals surface area contributed by atoms with Crippen molar-refractivity contribution in [2.24, 2.45) is 0 Å². The zero-order valence-corrected chi connectivity index (χ0v) is 18.5. The van der Waals surface area contributed by atoms with E-state index in [1.54, 1.807) is 35.4 Å².